The third-order valence-electron chi connectivity index (χ3n) is 3.26. The van der Waals surface area contributed by atoms with E-state index in [9.17, 15) is 0 Å². The van der Waals surface area contributed by atoms with Crippen LogP contribution in [0.15, 0.2) is 18.2 Å². The van der Waals surface area contributed by atoms with Gasteiger partial charge >= 0.3 is 0 Å². The Balaban J connectivity index is 2.23. The summed E-state index contributed by atoms with van der Waals surface area (Å²) in [6.07, 6.45) is 1.24. The average molecular weight is 204 g/mol. The van der Waals surface area contributed by atoms with Crippen molar-refractivity contribution < 1.29 is 0 Å². The van der Waals surface area contributed by atoms with Gasteiger partial charge in [0, 0.05) is 25.3 Å². The number of aryl methyl sites for hydroxylation is 1. The second-order valence-corrected chi connectivity index (χ2v) is 4.31. The van der Waals surface area contributed by atoms with E-state index in [0.29, 0.717) is 0 Å². The third kappa shape index (κ3) is 2.32. The van der Waals surface area contributed by atoms with Crippen LogP contribution >= 0.6 is 0 Å². The Morgan fingerprint density at radius 3 is 2.87 bits per heavy atom. The molecule has 1 aromatic rings. The molecule has 0 radical (unpaired) electrons. The van der Waals surface area contributed by atoms with Gasteiger partial charge in [0.15, 0.2) is 0 Å². The van der Waals surface area contributed by atoms with Crippen molar-refractivity contribution >= 4 is 5.69 Å². The highest BCUT2D eigenvalue weighted by Crippen LogP contribution is 2.22. The summed E-state index contributed by atoms with van der Waals surface area (Å²) in [4.78, 5) is 2.50. The van der Waals surface area contributed by atoms with Crippen molar-refractivity contribution in [3.05, 3.63) is 29.3 Å². The van der Waals surface area contributed by atoms with Crippen molar-refractivity contribution in [1.29, 1.82) is 0 Å². The smallest absolute Gasteiger partial charge is 0.0399 e. The number of benzene rings is 1. The Hall–Kier alpha value is -1.02. The van der Waals surface area contributed by atoms with Crippen LogP contribution in [0.4, 0.5) is 5.69 Å². The number of nitrogens with zero attached hydrogens (tertiary/aromatic N) is 1. The molecule has 0 unspecified atom stereocenters. The third-order valence-corrected chi connectivity index (χ3v) is 3.26. The summed E-state index contributed by atoms with van der Waals surface area (Å²) in [7, 11) is 0. The maximum absolute atomic E-state index is 3.44. The van der Waals surface area contributed by atoms with E-state index >= 15 is 0 Å². The lowest BCUT2D eigenvalue weighted by atomic mass is 10.1. The van der Waals surface area contributed by atoms with Crippen LogP contribution in [0.3, 0.4) is 0 Å². The summed E-state index contributed by atoms with van der Waals surface area (Å²) in [5.41, 5.74) is 4.24. The summed E-state index contributed by atoms with van der Waals surface area (Å²) in [6, 6.07) is 6.60. The van der Waals surface area contributed by atoms with Crippen LogP contribution in [0.2, 0.25) is 0 Å². The van der Waals surface area contributed by atoms with Gasteiger partial charge in [-0.3, -0.25) is 0 Å². The van der Waals surface area contributed by atoms with Gasteiger partial charge in [0.2, 0.25) is 0 Å². The molecule has 1 aliphatic heterocycles. The summed E-state index contributed by atoms with van der Waals surface area (Å²) in [5.74, 6) is 0. The number of nitrogens with one attached hydrogen (secondary N) is 1. The van der Waals surface area contributed by atoms with Crippen LogP contribution in [0.5, 0.6) is 0 Å². The highest BCUT2D eigenvalue weighted by atomic mass is 15.2. The van der Waals surface area contributed by atoms with E-state index in [-0.39, 0.29) is 0 Å². The molecule has 0 saturated carbocycles. The SMILES string of the molecule is Cc1cccc(N2CCCNCC2)c1C. The normalized spacial score (nSPS) is 17.6. The second kappa shape index (κ2) is 4.67. The fraction of sp³-hybridized carbons (Fsp3) is 0.538. The molecule has 1 aromatic carbocycles. The topological polar surface area (TPSA) is 15.3 Å². The molecule has 2 heteroatoms. The van der Waals surface area contributed by atoms with Crippen molar-refractivity contribution in [3.8, 4) is 0 Å². The van der Waals surface area contributed by atoms with Gasteiger partial charge in [-0.1, -0.05) is 12.1 Å². The number of hydrogen-bond acceptors (Lipinski definition) is 2. The molecule has 0 amide bonds. The average Bonchev–Trinajstić information content (AvgIpc) is 2.50. The van der Waals surface area contributed by atoms with Gasteiger partial charge in [-0.15, -0.1) is 0 Å². The van der Waals surface area contributed by atoms with Crippen molar-refractivity contribution in [1.82, 2.24) is 5.32 Å². The second-order valence-electron chi connectivity index (χ2n) is 4.31. The molecule has 0 spiro atoms. The zero-order chi connectivity index (χ0) is 10.7. The van der Waals surface area contributed by atoms with Gasteiger partial charge in [0.05, 0.1) is 0 Å². The van der Waals surface area contributed by atoms with Gasteiger partial charge < -0.3 is 10.2 Å². The van der Waals surface area contributed by atoms with E-state index in [0.717, 1.165) is 19.6 Å². The predicted octanol–water partition coefficient (Wildman–Crippen LogP) is 2.10. The predicted molar refractivity (Wildman–Crippen MR) is 65.6 cm³/mol. The molecule has 82 valence electrons. The Morgan fingerprint density at radius 2 is 2.00 bits per heavy atom. The Morgan fingerprint density at radius 1 is 1.13 bits per heavy atom. The lowest BCUT2D eigenvalue weighted by Gasteiger charge is -2.25. The molecule has 2 rings (SSSR count). The van der Waals surface area contributed by atoms with Crippen molar-refractivity contribution in [2.45, 2.75) is 20.3 Å². The van der Waals surface area contributed by atoms with Crippen molar-refractivity contribution in [2.24, 2.45) is 0 Å². The minimum atomic E-state index is 1.10. The molecule has 1 fully saturated rings. The van der Waals surface area contributed by atoms with Crippen LogP contribution < -0.4 is 10.2 Å². The summed E-state index contributed by atoms with van der Waals surface area (Å²) < 4.78 is 0. The monoisotopic (exact) mass is 204 g/mol. The summed E-state index contributed by atoms with van der Waals surface area (Å²) >= 11 is 0. The van der Waals surface area contributed by atoms with Crippen LogP contribution in [0.25, 0.3) is 0 Å². The van der Waals surface area contributed by atoms with Gasteiger partial charge in [-0.05, 0) is 44.0 Å². The highest BCUT2D eigenvalue weighted by Gasteiger charge is 2.11. The fourth-order valence-electron chi connectivity index (χ4n) is 2.16. The van der Waals surface area contributed by atoms with E-state index in [1.54, 1.807) is 0 Å². The molecule has 2 nitrogen and oxygen atoms in total. The van der Waals surface area contributed by atoms with Crippen molar-refractivity contribution in [3.63, 3.8) is 0 Å². The molecule has 1 heterocycles. The fourth-order valence-corrected chi connectivity index (χ4v) is 2.16. The van der Waals surface area contributed by atoms with E-state index in [4.69, 9.17) is 0 Å². The zero-order valence-electron chi connectivity index (χ0n) is 9.71. The number of rotatable bonds is 1. The molecule has 1 N–H and O–H groups in total. The van der Waals surface area contributed by atoms with E-state index in [2.05, 4.69) is 42.3 Å². The van der Waals surface area contributed by atoms with Crippen LogP contribution in [0.1, 0.15) is 17.5 Å². The molecular weight excluding hydrogens is 184 g/mol. The summed E-state index contributed by atoms with van der Waals surface area (Å²) in [6.45, 7) is 8.98. The van der Waals surface area contributed by atoms with Gasteiger partial charge in [-0.2, -0.15) is 0 Å². The molecule has 0 aromatic heterocycles. The minimum Gasteiger partial charge on any atom is -0.370 e. The Bertz CT molecular complexity index is 325. The molecule has 15 heavy (non-hydrogen) atoms. The first-order valence-corrected chi connectivity index (χ1v) is 5.81. The highest BCUT2D eigenvalue weighted by molar-refractivity contribution is 5.56. The summed E-state index contributed by atoms with van der Waals surface area (Å²) in [5, 5.41) is 3.44. The number of anilines is 1. The van der Waals surface area contributed by atoms with Crippen LogP contribution in [0, 0.1) is 13.8 Å². The maximum Gasteiger partial charge on any atom is 0.0399 e. The van der Waals surface area contributed by atoms with Crippen LogP contribution in [-0.2, 0) is 0 Å². The molecule has 0 bridgehead atoms. The van der Waals surface area contributed by atoms with E-state index in [1.807, 2.05) is 0 Å². The maximum atomic E-state index is 3.44. The Labute approximate surface area is 92.3 Å². The van der Waals surface area contributed by atoms with Gasteiger partial charge in [0.25, 0.3) is 0 Å². The first kappa shape index (κ1) is 10.5. The molecule has 0 aliphatic carbocycles. The van der Waals surface area contributed by atoms with Crippen molar-refractivity contribution in [2.75, 3.05) is 31.1 Å². The van der Waals surface area contributed by atoms with E-state index < -0.39 is 0 Å². The Kier molecular flexibility index (Phi) is 3.27. The van der Waals surface area contributed by atoms with Gasteiger partial charge in [-0.25, -0.2) is 0 Å². The largest absolute Gasteiger partial charge is 0.370 e. The first-order chi connectivity index (χ1) is 7.29. The first-order valence-electron chi connectivity index (χ1n) is 5.81. The van der Waals surface area contributed by atoms with Crippen LogP contribution in [-0.4, -0.2) is 26.2 Å². The molecule has 1 saturated heterocycles. The molecule has 0 atom stereocenters. The quantitative estimate of drug-likeness (QED) is 0.753. The lowest BCUT2D eigenvalue weighted by molar-refractivity contribution is 0.724. The van der Waals surface area contributed by atoms with E-state index in [1.165, 1.54) is 29.8 Å². The molecular formula is C13H20N2. The minimum absolute atomic E-state index is 1.10. The molecule has 1 aliphatic rings. The zero-order valence-corrected chi connectivity index (χ0v) is 9.71. The van der Waals surface area contributed by atoms with Gasteiger partial charge in [0.1, 0.15) is 0 Å². The lowest BCUT2D eigenvalue weighted by Crippen LogP contribution is -2.28. The number of hydrogen-bond donors (Lipinski definition) is 1. The standard InChI is InChI=1S/C13H20N2/c1-11-5-3-6-13(12(11)2)15-9-4-7-14-8-10-15/h3,5-6,14H,4,7-10H2,1-2H3.